The smallest absolute Gasteiger partial charge is 0.0693 e. The van der Waals surface area contributed by atoms with Crippen LogP contribution in [0.3, 0.4) is 0 Å². The molecule has 0 spiro atoms. The van der Waals surface area contributed by atoms with Crippen LogP contribution < -0.4 is 5.32 Å². The van der Waals surface area contributed by atoms with Crippen molar-refractivity contribution < 1.29 is 5.11 Å². The van der Waals surface area contributed by atoms with Crippen molar-refractivity contribution in [1.82, 2.24) is 5.32 Å². The van der Waals surface area contributed by atoms with E-state index in [1.54, 1.807) is 0 Å². The molecular formula is C10H19NO. The zero-order valence-corrected chi connectivity index (χ0v) is 7.63. The zero-order valence-electron chi connectivity index (χ0n) is 7.63. The zero-order chi connectivity index (χ0) is 8.39. The molecule has 12 heavy (non-hydrogen) atoms. The minimum atomic E-state index is -0.0647. The highest BCUT2D eigenvalue weighted by molar-refractivity contribution is 4.84. The lowest BCUT2D eigenvalue weighted by atomic mass is 9.85. The van der Waals surface area contributed by atoms with E-state index in [1.165, 1.54) is 32.1 Å². The Bertz CT molecular complexity index is 145. The average molecular weight is 169 g/mol. The normalized spacial score (nSPS) is 36.8. The molecule has 0 bridgehead atoms. The SMILES string of the molecule is O[C@@H]1CCC[C@H]1NCC1CCC1. The molecule has 2 fully saturated rings. The van der Waals surface area contributed by atoms with Crippen molar-refractivity contribution >= 4 is 0 Å². The molecule has 0 saturated heterocycles. The van der Waals surface area contributed by atoms with Crippen molar-refractivity contribution in [2.75, 3.05) is 6.54 Å². The third-order valence-corrected chi connectivity index (χ3v) is 3.37. The summed E-state index contributed by atoms with van der Waals surface area (Å²) in [4.78, 5) is 0. The van der Waals surface area contributed by atoms with Gasteiger partial charge in [-0.3, -0.25) is 0 Å². The third-order valence-electron chi connectivity index (χ3n) is 3.37. The summed E-state index contributed by atoms with van der Waals surface area (Å²) in [6.45, 7) is 1.14. The van der Waals surface area contributed by atoms with Crippen LogP contribution in [0.2, 0.25) is 0 Å². The molecule has 0 aliphatic heterocycles. The van der Waals surface area contributed by atoms with E-state index < -0.39 is 0 Å². The molecule has 0 radical (unpaired) electrons. The maximum absolute atomic E-state index is 9.53. The summed E-state index contributed by atoms with van der Waals surface area (Å²) < 4.78 is 0. The lowest BCUT2D eigenvalue weighted by molar-refractivity contribution is 0.142. The molecule has 0 aromatic heterocycles. The van der Waals surface area contributed by atoms with Crippen molar-refractivity contribution in [3.8, 4) is 0 Å². The van der Waals surface area contributed by atoms with Gasteiger partial charge in [0.1, 0.15) is 0 Å². The van der Waals surface area contributed by atoms with Crippen LogP contribution >= 0.6 is 0 Å². The first-order valence-corrected chi connectivity index (χ1v) is 5.28. The molecule has 0 aromatic carbocycles. The summed E-state index contributed by atoms with van der Waals surface area (Å²) in [5, 5.41) is 13.0. The molecular weight excluding hydrogens is 150 g/mol. The van der Waals surface area contributed by atoms with Gasteiger partial charge in [0.25, 0.3) is 0 Å². The van der Waals surface area contributed by atoms with Crippen LogP contribution in [0.4, 0.5) is 0 Å². The average Bonchev–Trinajstić information content (AvgIpc) is 2.33. The van der Waals surface area contributed by atoms with Gasteiger partial charge in [-0.25, -0.2) is 0 Å². The van der Waals surface area contributed by atoms with Crippen molar-refractivity contribution in [1.29, 1.82) is 0 Å². The van der Waals surface area contributed by atoms with E-state index in [-0.39, 0.29) is 6.10 Å². The second-order valence-electron chi connectivity index (χ2n) is 4.31. The fourth-order valence-electron chi connectivity index (χ4n) is 2.19. The van der Waals surface area contributed by atoms with Crippen LogP contribution in [-0.2, 0) is 0 Å². The van der Waals surface area contributed by atoms with Crippen LogP contribution in [0, 0.1) is 5.92 Å². The van der Waals surface area contributed by atoms with Gasteiger partial charge < -0.3 is 10.4 Å². The minimum absolute atomic E-state index is 0.0647. The Hall–Kier alpha value is -0.0800. The second-order valence-corrected chi connectivity index (χ2v) is 4.31. The summed E-state index contributed by atoms with van der Waals surface area (Å²) >= 11 is 0. The monoisotopic (exact) mass is 169 g/mol. The highest BCUT2D eigenvalue weighted by atomic mass is 16.3. The first-order chi connectivity index (χ1) is 5.86. The van der Waals surface area contributed by atoms with Crippen molar-refractivity contribution in [2.24, 2.45) is 5.92 Å². The molecule has 2 heteroatoms. The van der Waals surface area contributed by atoms with Crippen LogP contribution in [0.15, 0.2) is 0 Å². The molecule has 2 aliphatic rings. The lowest BCUT2D eigenvalue weighted by Gasteiger charge is -2.28. The molecule has 0 aromatic rings. The number of aliphatic hydroxyl groups excluding tert-OH is 1. The van der Waals surface area contributed by atoms with E-state index in [0.717, 1.165) is 18.9 Å². The Labute approximate surface area is 74.4 Å². The topological polar surface area (TPSA) is 32.3 Å². The maximum Gasteiger partial charge on any atom is 0.0693 e. The van der Waals surface area contributed by atoms with Crippen molar-refractivity contribution in [2.45, 2.75) is 50.7 Å². The molecule has 0 heterocycles. The largest absolute Gasteiger partial charge is 0.392 e. The number of hydrogen-bond acceptors (Lipinski definition) is 2. The molecule has 2 atom stereocenters. The molecule has 70 valence electrons. The van der Waals surface area contributed by atoms with Gasteiger partial charge in [-0.2, -0.15) is 0 Å². The summed E-state index contributed by atoms with van der Waals surface area (Å²) in [6.07, 6.45) is 7.52. The second kappa shape index (κ2) is 3.75. The van der Waals surface area contributed by atoms with E-state index >= 15 is 0 Å². The molecule has 2 saturated carbocycles. The first kappa shape index (κ1) is 8.52. The number of rotatable bonds is 3. The Morgan fingerprint density at radius 3 is 2.33 bits per heavy atom. The highest BCUT2D eigenvalue weighted by Crippen LogP contribution is 2.26. The van der Waals surface area contributed by atoms with Crippen LogP contribution in [-0.4, -0.2) is 23.8 Å². The van der Waals surface area contributed by atoms with Gasteiger partial charge in [0.05, 0.1) is 6.10 Å². The Morgan fingerprint density at radius 2 is 1.83 bits per heavy atom. The van der Waals surface area contributed by atoms with E-state index in [0.29, 0.717) is 6.04 Å². The summed E-state index contributed by atoms with van der Waals surface area (Å²) in [6, 6.07) is 0.408. The predicted molar refractivity (Wildman–Crippen MR) is 49.0 cm³/mol. The van der Waals surface area contributed by atoms with Crippen LogP contribution in [0.25, 0.3) is 0 Å². The number of nitrogens with one attached hydrogen (secondary N) is 1. The van der Waals surface area contributed by atoms with Gasteiger partial charge in [0, 0.05) is 6.04 Å². The fourth-order valence-corrected chi connectivity index (χ4v) is 2.19. The molecule has 2 rings (SSSR count). The Balaban J connectivity index is 1.64. The lowest BCUT2D eigenvalue weighted by Crippen LogP contribution is -2.39. The fraction of sp³-hybridized carbons (Fsp3) is 1.00. The summed E-state index contributed by atoms with van der Waals surface area (Å²) in [5.74, 6) is 0.915. The molecule has 2 N–H and O–H groups in total. The minimum Gasteiger partial charge on any atom is -0.392 e. The molecule has 2 aliphatic carbocycles. The van der Waals surface area contributed by atoms with Gasteiger partial charge in [-0.05, 0) is 44.6 Å². The van der Waals surface area contributed by atoms with Crippen LogP contribution in [0.1, 0.15) is 38.5 Å². The van der Waals surface area contributed by atoms with Gasteiger partial charge in [-0.15, -0.1) is 0 Å². The Morgan fingerprint density at radius 1 is 1.08 bits per heavy atom. The number of hydrogen-bond donors (Lipinski definition) is 2. The first-order valence-electron chi connectivity index (χ1n) is 5.28. The molecule has 0 amide bonds. The highest BCUT2D eigenvalue weighted by Gasteiger charge is 2.26. The van der Waals surface area contributed by atoms with Gasteiger partial charge in [0.15, 0.2) is 0 Å². The Kier molecular flexibility index (Phi) is 2.66. The van der Waals surface area contributed by atoms with Crippen LogP contribution in [0.5, 0.6) is 0 Å². The van der Waals surface area contributed by atoms with Gasteiger partial charge in [-0.1, -0.05) is 6.42 Å². The molecule has 2 nitrogen and oxygen atoms in total. The number of aliphatic hydroxyl groups is 1. The van der Waals surface area contributed by atoms with E-state index in [1.807, 2.05) is 0 Å². The predicted octanol–water partition coefficient (Wildman–Crippen LogP) is 1.29. The summed E-state index contributed by atoms with van der Waals surface area (Å²) in [5.41, 5.74) is 0. The standard InChI is InChI=1S/C10H19NO/c12-10-6-2-5-9(10)11-7-8-3-1-4-8/h8-12H,1-7H2/t9-,10-/m1/s1. The van der Waals surface area contributed by atoms with E-state index in [4.69, 9.17) is 0 Å². The van der Waals surface area contributed by atoms with Gasteiger partial charge >= 0.3 is 0 Å². The van der Waals surface area contributed by atoms with E-state index in [9.17, 15) is 5.11 Å². The van der Waals surface area contributed by atoms with Gasteiger partial charge in [0.2, 0.25) is 0 Å². The molecule has 0 unspecified atom stereocenters. The van der Waals surface area contributed by atoms with E-state index in [2.05, 4.69) is 5.32 Å². The summed E-state index contributed by atoms with van der Waals surface area (Å²) in [7, 11) is 0. The maximum atomic E-state index is 9.53. The quantitative estimate of drug-likeness (QED) is 0.667. The van der Waals surface area contributed by atoms with Crippen molar-refractivity contribution in [3.05, 3.63) is 0 Å². The third kappa shape index (κ3) is 1.80. The van der Waals surface area contributed by atoms with Crippen molar-refractivity contribution in [3.63, 3.8) is 0 Å².